The Kier molecular flexibility index (Phi) is 8.79. The van der Waals surface area contributed by atoms with Crippen molar-refractivity contribution in [1.82, 2.24) is 0 Å². The minimum absolute atomic E-state index is 0.0670. The zero-order chi connectivity index (χ0) is 21.5. The van der Waals surface area contributed by atoms with Crippen LogP contribution < -0.4 is 10.1 Å². The van der Waals surface area contributed by atoms with E-state index in [1.165, 1.54) is 12.1 Å². The standard InChI is InChI=1S/C21H32F3NO3/c1-7-27-18-10-9-16(11-17(18)21(22,23)24)25-19(26)20(28-8-2,12-14(3)4)13-15(5)6/h9-11,14-15H,7-8,12-13H2,1-6H3,(H,25,26). The first-order valence-corrected chi connectivity index (χ1v) is 9.74. The summed E-state index contributed by atoms with van der Waals surface area (Å²) in [6.07, 6.45) is -3.62. The molecule has 0 unspecified atom stereocenters. The van der Waals surface area contributed by atoms with Gasteiger partial charge in [0, 0.05) is 12.3 Å². The van der Waals surface area contributed by atoms with Gasteiger partial charge in [-0.15, -0.1) is 0 Å². The third-order valence-electron chi connectivity index (χ3n) is 4.15. The van der Waals surface area contributed by atoms with Gasteiger partial charge in [-0.25, -0.2) is 0 Å². The Labute approximate surface area is 165 Å². The molecule has 1 rings (SSSR count). The van der Waals surface area contributed by atoms with Gasteiger partial charge in [0.1, 0.15) is 11.4 Å². The quantitative estimate of drug-likeness (QED) is 0.528. The molecule has 0 aromatic heterocycles. The predicted molar refractivity (Wildman–Crippen MR) is 105 cm³/mol. The third-order valence-corrected chi connectivity index (χ3v) is 4.15. The maximum Gasteiger partial charge on any atom is 0.420 e. The second kappa shape index (κ2) is 10.1. The molecule has 28 heavy (non-hydrogen) atoms. The van der Waals surface area contributed by atoms with Crippen molar-refractivity contribution >= 4 is 11.6 Å². The van der Waals surface area contributed by atoms with E-state index >= 15 is 0 Å². The topological polar surface area (TPSA) is 47.6 Å². The number of carbonyl (C=O) groups excluding carboxylic acids is 1. The summed E-state index contributed by atoms with van der Waals surface area (Å²) in [5.41, 5.74) is -1.94. The molecule has 0 saturated carbocycles. The molecule has 0 fully saturated rings. The Morgan fingerprint density at radius 3 is 2.04 bits per heavy atom. The molecule has 0 aliphatic rings. The van der Waals surface area contributed by atoms with Gasteiger partial charge < -0.3 is 14.8 Å². The average Bonchev–Trinajstić information content (AvgIpc) is 2.54. The molecule has 1 aromatic carbocycles. The molecule has 7 heteroatoms. The van der Waals surface area contributed by atoms with E-state index in [-0.39, 0.29) is 29.9 Å². The van der Waals surface area contributed by atoms with Gasteiger partial charge in [0.15, 0.2) is 0 Å². The number of ether oxygens (including phenoxy) is 2. The van der Waals surface area contributed by atoms with E-state index in [4.69, 9.17) is 9.47 Å². The summed E-state index contributed by atoms with van der Waals surface area (Å²) in [7, 11) is 0. The molecule has 0 heterocycles. The summed E-state index contributed by atoms with van der Waals surface area (Å²) in [6, 6.07) is 3.55. The van der Waals surface area contributed by atoms with Crippen LogP contribution in [0.4, 0.5) is 18.9 Å². The molecule has 1 aromatic rings. The molecule has 1 amide bonds. The molecular weight excluding hydrogens is 371 g/mol. The highest BCUT2D eigenvalue weighted by Crippen LogP contribution is 2.38. The van der Waals surface area contributed by atoms with E-state index in [2.05, 4.69) is 5.32 Å². The van der Waals surface area contributed by atoms with Crippen LogP contribution >= 0.6 is 0 Å². The van der Waals surface area contributed by atoms with Gasteiger partial charge in [0.2, 0.25) is 0 Å². The summed E-state index contributed by atoms with van der Waals surface area (Å²) < 4.78 is 51.1. The molecule has 160 valence electrons. The van der Waals surface area contributed by atoms with Crippen LogP contribution in [0.25, 0.3) is 0 Å². The van der Waals surface area contributed by atoms with Gasteiger partial charge in [0.05, 0.1) is 12.2 Å². The summed E-state index contributed by atoms with van der Waals surface area (Å²) in [5.74, 6) is -0.313. The summed E-state index contributed by atoms with van der Waals surface area (Å²) >= 11 is 0. The third kappa shape index (κ3) is 6.69. The lowest BCUT2D eigenvalue weighted by atomic mass is 9.83. The fourth-order valence-electron chi connectivity index (χ4n) is 3.40. The highest BCUT2D eigenvalue weighted by molar-refractivity contribution is 5.97. The number of halogens is 3. The summed E-state index contributed by atoms with van der Waals surface area (Å²) in [6.45, 7) is 11.8. The van der Waals surface area contributed by atoms with E-state index in [1.54, 1.807) is 13.8 Å². The first-order chi connectivity index (χ1) is 12.9. The van der Waals surface area contributed by atoms with Crippen molar-refractivity contribution in [3.05, 3.63) is 23.8 Å². The fourth-order valence-corrected chi connectivity index (χ4v) is 3.40. The van der Waals surface area contributed by atoms with Crippen LogP contribution in [0.5, 0.6) is 5.75 Å². The Morgan fingerprint density at radius 2 is 1.61 bits per heavy atom. The molecule has 0 spiro atoms. The van der Waals surface area contributed by atoms with E-state index in [9.17, 15) is 18.0 Å². The first-order valence-electron chi connectivity index (χ1n) is 9.74. The van der Waals surface area contributed by atoms with Crippen LogP contribution in [-0.4, -0.2) is 24.7 Å². The molecular formula is C21H32F3NO3. The van der Waals surface area contributed by atoms with Crippen molar-refractivity contribution in [3.63, 3.8) is 0 Å². The van der Waals surface area contributed by atoms with Crippen molar-refractivity contribution in [3.8, 4) is 5.75 Å². The summed E-state index contributed by atoms with van der Waals surface area (Å²) in [4.78, 5) is 13.1. The SMILES string of the molecule is CCOc1ccc(NC(=O)C(CC(C)C)(CC(C)C)OCC)cc1C(F)(F)F. The number of hydrogen-bond donors (Lipinski definition) is 1. The maximum atomic E-state index is 13.4. The Morgan fingerprint density at radius 1 is 1.04 bits per heavy atom. The van der Waals surface area contributed by atoms with Gasteiger partial charge in [-0.3, -0.25) is 4.79 Å². The van der Waals surface area contributed by atoms with Crippen LogP contribution in [-0.2, 0) is 15.7 Å². The molecule has 4 nitrogen and oxygen atoms in total. The largest absolute Gasteiger partial charge is 0.493 e. The second-order valence-corrected chi connectivity index (χ2v) is 7.72. The minimum Gasteiger partial charge on any atom is -0.493 e. The highest BCUT2D eigenvalue weighted by Gasteiger charge is 2.41. The molecule has 0 bridgehead atoms. The first kappa shape index (κ1) is 24.3. The average molecular weight is 403 g/mol. The monoisotopic (exact) mass is 403 g/mol. The second-order valence-electron chi connectivity index (χ2n) is 7.72. The Hall–Kier alpha value is -1.76. The molecule has 0 aliphatic heterocycles. The van der Waals surface area contributed by atoms with E-state index in [1.807, 2.05) is 27.7 Å². The minimum atomic E-state index is -4.59. The van der Waals surface area contributed by atoms with Crippen LogP contribution in [0.3, 0.4) is 0 Å². The normalized spacial score (nSPS) is 12.5. The van der Waals surface area contributed by atoms with Crippen molar-refractivity contribution in [2.24, 2.45) is 11.8 Å². The van der Waals surface area contributed by atoms with Crippen molar-refractivity contribution in [2.75, 3.05) is 18.5 Å². The van der Waals surface area contributed by atoms with E-state index in [0.717, 1.165) is 6.07 Å². The van der Waals surface area contributed by atoms with Crippen LogP contribution in [0.2, 0.25) is 0 Å². The Balaban J connectivity index is 3.25. The molecule has 0 aliphatic carbocycles. The summed E-state index contributed by atoms with van der Waals surface area (Å²) in [5, 5.41) is 2.64. The van der Waals surface area contributed by atoms with Gasteiger partial charge in [-0.05, 0) is 56.7 Å². The lowest BCUT2D eigenvalue weighted by Crippen LogP contribution is -2.47. The number of nitrogens with one attached hydrogen (secondary N) is 1. The highest BCUT2D eigenvalue weighted by atomic mass is 19.4. The number of benzene rings is 1. The number of carbonyl (C=O) groups is 1. The zero-order valence-electron chi connectivity index (χ0n) is 17.6. The van der Waals surface area contributed by atoms with Crippen molar-refractivity contribution in [2.45, 2.75) is 66.2 Å². The van der Waals surface area contributed by atoms with Gasteiger partial charge in [-0.1, -0.05) is 27.7 Å². The van der Waals surface area contributed by atoms with Crippen LogP contribution in [0.15, 0.2) is 18.2 Å². The number of amides is 1. The molecule has 0 radical (unpaired) electrons. The van der Waals surface area contributed by atoms with Crippen LogP contribution in [0.1, 0.15) is 59.9 Å². The lowest BCUT2D eigenvalue weighted by Gasteiger charge is -2.35. The zero-order valence-corrected chi connectivity index (χ0v) is 17.6. The Bertz CT molecular complexity index is 632. The van der Waals surface area contributed by atoms with Crippen LogP contribution in [0, 0.1) is 11.8 Å². The molecule has 1 N–H and O–H groups in total. The smallest absolute Gasteiger partial charge is 0.420 e. The van der Waals surface area contributed by atoms with Crippen molar-refractivity contribution in [1.29, 1.82) is 0 Å². The molecule has 0 atom stereocenters. The van der Waals surface area contributed by atoms with E-state index in [0.29, 0.717) is 19.4 Å². The van der Waals surface area contributed by atoms with Gasteiger partial charge in [0.25, 0.3) is 5.91 Å². The maximum absolute atomic E-state index is 13.4. The predicted octanol–water partition coefficient (Wildman–Crippen LogP) is 5.91. The number of rotatable bonds is 10. The molecule has 0 saturated heterocycles. The van der Waals surface area contributed by atoms with Gasteiger partial charge >= 0.3 is 6.18 Å². The number of hydrogen-bond acceptors (Lipinski definition) is 3. The lowest BCUT2D eigenvalue weighted by molar-refractivity contribution is -0.146. The number of anilines is 1. The number of alkyl halides is 3. The van der Waals surface area contributed by atoms with Crippen molar-refractivity contribution < 1.29 is 27.4 Å². The fraction of sp³-hybridized carbons (Fsp3) is 0.667. The van der Waals surface area contributed by atoms with Gasteiger partial charge in [-0.2, -0.15) is 13.2 Å². The van der Waals surface area contributed by atoms with E-state index < -0.39 is 23.2 Å².